The number of thioether (sulfide) groups is 1. The molecule has 1 aliphatic rings. The van der Waals surface area contributed by atoms with Gasteiger partial charge in [-0.3, -0.25) is 0 Å². The van der Waals surface area contributed by atoms with Gasteiger partial charge in [0.1, 0.15) is 0 Å². The maximum atomic E-state index is 3.57. The van der Waals surface area contributed by atoms with Crippen LogP contribution in [0.1, 0.15) is 51.0 Å². The van der Waals surface area contributed by atoms with Crippen LogP contribution in [0.3, 0.4) is 0 Å². The van der Waals surface area contributed by atoms with Gasteiger partial charge in [-0.2, -0.15) is 0 Å². The third-order valence-electron chi connectivity index (χ3n) is 3.89. The van der Waals surface area contributed by atoms with Gasteiger partial charge in [0.05, 0.1) is 0 Å². The molecule has 0 spiro atoms. The van der Waals surface area contributed by atoms with Crippen molar-refractivity contribution in [2.45, 2.75) is 56.4 Å². The van der Waals surface area contributed by atoms with E-state index in [4.69, 9.17) is 0 Å². The van der Waals surface area contributed by atoms with Crippen molar-refractivity contribution in [1.29, 1.82) is 0 Å². The van der Waals surface area contributed by atoms with Gasteiger partial charge < -0.3 is 5.32 Å². The Bertz CT molecular complexity index is 364. The summed E-state index contributed by atoms with van der Waals surface area (Å²) in [7, 11) is 0. The standard InChI is InChI=1S/C16H25NS/c1-3-14(17-4-2)9-7-8-13-12-18-16-11-6-5-10-15(13)16/h5-6,10-11,13-14,17H,3-4,7-9,12H2,1-2H3. The van der Waals surface area contributed by atoms with Gasteiger partial charge in [-0.25, -0.2) is 0 Å². The molecule has 0 saturated carbocycles. The van der Waals surface area contributed by atoms with E-state index < -0.39 is 0 Å². The molecule has 18 heavy (non-hydrogen) atoms. The van der Waals surface area contributed by atoms with E-state index in [1.54, 1.807) is 5.56 Å². The van der Waals surface area contributed by atoms with Gasteiger partial charge >= 0.3 is 0 Å². The second kappa shape index (κ2) is 7.20. The Morgan fingerprint density at radius 1 is 1.33 bits per heavy atom. The monoisotopic (exact) mass is 263 g/mol. The van der Waals surface area contributed by atoms with E-state index in [0.717, 1.165) is 18.5 Å². The van der Waals surface area contributed by atoms with Gasteiger partial charge in [0.2, 0.25) is 0 Å². The van der Waals surface area contributed by atoms with Crippen molar-refractivity contribution >= 4 is 11.8 Å². The Morgan fingerprint density at radius 3 is 2.94 bits per heavy atom. The molecule has 1 aliphatic heterocycles. The average molecular weight is 263 g/mol. The van der Waals surface area contributed by atoms with Crippen LogP contribution in [0.15, 0.2) is 29.2 Å². The molecule has 0 aliphatic carbocycles. The third kappa shape index (κ3) is 3.52. The van der Waals surface area contributed by atoms with Crippen molar-refractivity contribution in [3.05, 3.63) is 29.8 Å². The maximum absolute atomic E-state index is 3.57. The van der Waals surface area contributed by atoms with Gasteiger partial charge in [0, 0.05) is 16.7 Å². The molecule has 0 aromatic heterocycles. The minimum Gasteiger partial charge on any atom is -0.314 e. The molecule has 100 valence electrons. The highest BCUT2D eigenvalue weighted by atomic mass is 32.2. The van der Waals surface area contributed by atoms with Crippen LogP contribution < -0.4 is 5.32 Å². The van der Waals surface area contributed by atoms with E-state index >= 15 is 0 Å². The van der Waals surface area contributed by atoms with Gasteiger partial charge in [-0.1, -0.05) is 38.5 Å². The number of rotatable bonds is 7. The van der Waals surface area contributed by atoms with Crippen molar-refractivity contribution in [2.24, 2.45) is 0 Å². The second-order valence-electron chi connectivity index (χ2n) is 5.14. The zero-order valence-corrected chi connectivity index (χ0v) is 12.4. The third-order valence-corrected chi connectivity index (χ3v) is 5.14. The molecule has 0 amide bonds. The largest absolute Gasteiger partial charge is 0.314 e. The van der Waals surface area contributed by atoms with Crippen molar-refractivity contribution < 1.29 is 0 Å². The fourth-order valence-corrected chi connectivity index (χ4v) is 4.12. The van der Waals surface area contributed by atoms with Crippen LogP contribution in [0.2, 0.25) is 0 Å². The average Bonchev–Trinajstić information content (AvgIpc) is 2.81. The number of fused-ring (bicyclic) bond motifs is 1. The first kappa shape index (κ1) is 14.0. The highest BCUT2D eigenvalue weighted by molar-refractivity contribution is 7.99. The summed E-state index contributed by atoms with van der Waals surface area (Å²) in [5.41, 5.74) is 1.60. The molecule has 2 unspecified atom stereocenters. The first-order valence-corrected chi connectivity index (χ1v) is 8.28. The Kier molecular flexibility index (Phi) is 5.58. The summed E-state index contributed by atoms with van der Waals surface area (Å²) in [4.78, 5) is 1.52. The molecule has 1 N–H and O–H groups in total. The molecule has 0 fully saturated rings. The fraction of sp³-hybridized carbons (Fsp3) is 0.625. The van der Waals surface area contributed by atoms with E-state index in [0.29, 0.717) is 0 Å². The number of benzene rings is 1. The molecular weight excluding hydrogens is 238 g/mol. The van der Waals surface area contributed by atoms with Crippen LogP contribution in [0.5, 0.6) is 0 Å². The Morgan fingerprint density at radius 2 is 2.17 bits per heavy atom. The van der Waals surface area contributed by atoms with E-state index in [1.165, 1.54) is 36.3 Å². The molecular formula is C16H25NS. The molecule has 0 saturated heterocycles. The number of hydrogen-bond acceptors (Lipinski definition) is 2. The van der Waals surface area contributed by atoms with Gasteiger partial charge in [-0.05, 0) is 43.4 Å². The lowest BCUT2D eigenvalue weighted by Gasteiger charge is -2.17. The lowest BCUT2D eigenvalue weighted by atomic mass is 9.94. The zero-order valence-electron chi connectivity index (χ0n) is 11.6. The molecule has 1 aromatic carbocycles. The normalized spacial score (nSPS) is 19.8. The SMILES string of the molecule is CCNC(CC)CCCC1CSc2ccccc21. The van der Waals surface area contributed by atoms with E-state index in [2.05, 4.69) is 43.4 Å². The first-order chi connectivity index (χ1) is 8.85. The smallest absolute Gasteiger partial charge is 0.0107 e. The Labute approximate surface area is 116 Å². The fourth-order valence-electron chi connectivity index (χ4n) is 2.82. The summed E-state index contributed by atoms with van der Waals surface area (Å²) < 4.78 is 0. The molecule has 0 radical (unpaired) electrons. The first-order valence-electron chi connectivity index (χ1n) is 7.30. The molecule has 2 heteroatoms. The summed E-state index contributed by atoms with van der Waals surface area (Å²) >= 11 is 2.04. The van der Waals surface area contributed by atoms with Crippen LogP contribution in [-0.2, 0) is 0 Å². The lowest BCUT2D eigenvalue weighted by Crippen LogP contribution is -2.27. The maximum Gasteiger partial charge on any atom is 0.0107 e. The minimum atomic E-state index is 0.722. The van der Waals surface area contributed by atoms with Gasteiger partial charge in [0.25, 0.3) is 0 Å². The van der Waals surface area contributed by atoms with Crippen LogP contribution in [0, 0.1) is 0 Å². The summed E-state index contributed by atoms with van der Waals surface area (Å²) in [6, 6.07) is 9.66. The van der Waals surface area contributed by atoms with Crippen molar-refractivity contribution in [1.82, 2.24) is 5.32 Å². The van der Waals surface area contributed by atoms with Crippen LogP contribution in [0.25, 0.3) is 0 Å². The van der Waals surface area contributed by atoms with E-state index in [-0.39, 0.29) is 0 Å². The molecule has 2 rings (SSSR count). The summed E-state index contributed by atoms with van der Waals surface area (Å²) in [5.74, 6) is 2.09. The van der Waals surface area contributed by atoms with E-state index in [9.17, 15) is 0 Å². The minimum absolute atomic E-state index is 0.722. The van der Waals surface area contributed by atoms with Crippen molar-refractivity contribution in [3.63, 3.8) is 0 Å². The number of hydrogen-bond donors (Lipinski definition) is 1. The van der Waals surface area contributed by atoms with Crippen molar-refractivity contribution in [2.75, 3.05) is 12.3 Å². The van der Waals surface area contributed by atoms with Gasteiger partial charge in [0.15, 0.2) is 0 Å². The topological polar surface area (TPSA) is 12.0 Å². The predicted octanol–water partition coefficient (Wildman–Crippen LogP) is 4.43. The van der Waals surface area contributed by atoms with E-state index in [1.807, 2.05) is 11.8 Å². The summed E-state index contributed by atoms with van der Waals surface area (Å²) in [6.07, 6.45) is 5.29. The lowest BCUT2D eigenvalue weighted by molar-refractivity contribution is 0.451. The highest BCUT2D eigenvalue weighted by Crippen LogP contribution is 2.41. The Hall–Kier alpha value is -0.470. The van der Waals surface area contributed by atoms with Crippen molar-refractivity contribution in [3.8, 4) is 0 Å². The number of nitrogens with one attached hydrogen (secondary N) is 1. The molecule has 1 heterocycles. The molecule has 0 bridgehead atoms. The van der Waals surface area contributed by atoms with Crippen LogP contribution in [-0.4, -0.2) is 18.3 Å². The second-order valence-corrected chi connectivity index (χ2v) is 6.20. The van der Waals surface area contributed by atoms with Crippen LogP contribution in [0.4, 0.5) is 0 Å². The highest BCUT2D eigenvalue weighted by Gasteiger charge is 2.22. The summed E-state index contributed by atoms with van der Waals surface area (Å²) in [6.45, 7) is 5.58. The van der Waals surface area contributed by atoms with Crippen LogP contribution >= 0.6 is 11.8 Å². The Balaban J connectivity index is 1.78. The molecule has 1 nitrogen and oxygen atoms in total. The zero-order chi connectivity index (χ0) is 12.8. The molecule has 2 atom stereocenters. The molecule has 1 aromatic rings. The quantitative estimate of drug-likeness (QED) is 0.781. The summed E-state index contributed by atoms with van der Waals surface area (Å²) in [5, 5.41) is 3.57. The van der Waals surface area contributed by atoms with Gasteiger partial charge in [-0.15, -0.1) is 11.8 Å². The predicted molar refractivity (Wildman–Crippen MR) is 81.5 cm³/mol.